The summed E-state index contributed by atoms with van der Waals surface area (Å²) in [6.45, 7) is 2.27. The van der Waals surface area contributed by atoms with Crippen LogP contribution in [0.5, 0.6) is 0 Å². The van der Waals surface area contributed by atoms with Crippen LogP contribution >= 0.6 is 23.2 Å². The number of aliphatic carboxylic acids is 1. The van der Waals surface area contributed by atoms with E-state index >= 15 is 0 Å². The highest BCUT2D eigenvalue weighted by molar-refractivity contribution is 6.36. The Bertz CT molecular complexity index is 641. The van der Waals surface area contributed by atoms with Gasteiger partial charge in [0.1, 0.15) is 0 Å². The molecule has 21 heavy (non-hydrogen) atoms. The molecule has 110 valence electrons. The van der Waals surface area contributed by atoms with Gasteiger partial charge in [-0.05, 0) is 36.2 Å². The van der Waals surface area contributed by atoms with Gasteiger partial charge in [-0.1, -0.05) is 47.5 Å². The zero-order valence-corrected chi connectivity index (χ0v) is 12.9. The number of carboxylic acids is 1. The van der Waals surface area contributed by atoms with E-state index in [0.717, 1.165) is 16.8 Å². The Labute approximate surface area is 133 Å². The number of carboxylic acid groups (broad SMARTS) is 1. The topological polar surface area (TPSA) is 49.3 Å². The maximum atomic E-state index is 10.9. The third kappa shape index (κ3) is 4.13. The van der Waals surface area contributed by atoms with E-state index in [1.807, 2.05) is 30.3 Å². The van der Waals surface area contributed by atoms with Gasteiger partial charge >= 0.3 is 5.97 Å². The number of halogens is 2. The molecule has 1 unspecified atom stereocenters. The molecule has 0 saturated heterocycles. The van der Waals surface area contributed by atoms with Gasteiger partial charge in [0.2, 0.25) is 0 Å². The van der Waals surface area contributed by atoms with Crippen molar-refractivity contribution in [1.82, 2.24) is 0 Å². The summed E-state index contributed by atoms with van der Waals surface area (Å²) < 4.78 is 0. The number of anilines is 1. The molecular weight excluding hydrogens is 309 g/mol. The minimum Gasteiger partial charge on any atom is -0.481 e. The average molecular weight is 324 g/mol. The van der Waals surface area contributed by atoms with E-state index in [1.165, 1.54) is 0 Å². The SMILES string of the molecule is CC(C(=O)O)c1ccc(CNc2ccc(Cl)cc2Cl)cc1. The minimum absolute atomic E-state index is 0.502. The van der Waals surface area contributed by atoms with Crippen LogP contribution in [0.1, 0.15) is 24.0 Å². The number of hydrogen-bond donors (Lipinski definition) is 2. The summed E-state index contributed by atoms with van der Waals surface area (Å²) in [5, 5.41) is 13.4. The molecule has 2 aromatic rings. The van der Waals surface area contributed by atoms with Crippen molar-refractivity contribution in [2.24, 2.45) is 0 Å². The fourth-order valence-corrected chi connectivity index (χ4v) is 2.37. The van der Waals surface area contributed by atoms with Crippen LogP contribution in [0.25, 0.3) is 0 Å². The molecule has 0 aromatic heterocycles. The van der Waals surface area contributed by atoms with Crippen LogP contribution < -0.4 is 5.32 Å². The summed E-state index contributed by atoms with van der Waals surface area (Å²) in [5.41, 5.74) is 2.64. The predicted octanol–water partition coefficient (Wildman–Crippen LogP) is 4.79. The smallest absolute Gasteiger partial charge is 0.310 e. The molecule has 2 rings (SSSR count). The monoisotopic (exact) mass is 323 g/mol. The van der Waals surface area contributed by atoms with Gasteiger partial charge in [-0.2, -0.15) is 0 Å². The standard InChI is InChI=1S/C16H15Cl2NO2/c1-10(16(20)21)12-4-2-11(3-5-12)9-19-15-7-6-13(17)8-14(15)18/h2-8,10,19H,9H2,1H3,(H,20,21). The highest BCUT2D eigenvalue weighted by Gasteiger charge is 2.12. The van der Waals surface area contributed by atoms with Crippen molar-refractivity contribution in [1.29, 1.82) is 0 Å². The largest absolute Gasteiger partial charge is 0.481 e. The van der Waals surface area contributed by atoms with Crippen molar-refractivity contribution in [2.45, 2.75) is 19.4 Å². The van der Waals surface area contributed by atoms with E-state index in [2.05, 4.69) is 5.32 Å². The van der Waals surface area contributed by atoms with Crippen molar-refractivity contribution in [3.8, 4) is 0 Å². The Kier molecular flexibility index (Phi) is 5.10. The molecule has 0 bridgehead atoms. The van der Waals surface area contributed by atoms with Crippen molar-refractivity contribution < 1.29 is 9.90 Å². The van der Waals surface area contributed by atoms with Crippen LogP contribution in [-0.4, -0.2) is 11.1 Å². The van der Waals surface area contributed by atoms with Gasteiger partial charge in [0, 0.05) is 11.6 Å². The first-order valence-electron chi connectivity index (χ1n) is 6.48. The molecule has 0 aliphatic heterocycles. The third-order valence-corrected chi connectivity index (χ3v) is 3.81. The lowest BCUT2D eigenvalue weighted by atomic mass is 10.00. The Balaban J connectivity index is 2.02. The molecule has 0 fully saturated rings. The first kappa shape index (κ1) is 15.7. The molecule has 0 aliphatic carbocycles. The van der Waals surface area contributed by atoms with Gasteiger partial charge in [-0.15, -0.1) is 0 Å². The molecule has 5 heteroatoms. The zero-order valence-electron chi connectivity index (χ0n) is 11.4. The highest BCUT2D eigenvalue weighted by atomic mass is 35.5. The molecule has 2 N–H and O–H groups in total. The lowest BCUT2D eigenvalue weighted by molar-refractivity contribution is -0.138. The molecule has 2 aromatic carbocycles. The second kappa shape index (κ2) is 6.83. The van der Waals surface area contributed by atoms with E-state index in [4.69, 9.17) is 28.3 Å². The second-order valence-electron chi connectivity index (χ2n) is 4.78. The van der Waals surface area contributed by atoms with Gasteiger partial charge in [-0.25, -0.2) is 0 Å². The molecule has 0 saturated carbocycles. The van der Waals surface area contributed by atoms with Crippen molar-refractivity contribution in [3.05, 3.63) is 63.6 Å². The fraction of sp³-hybridized carbons (Fsp3) is 0.188. The maximum absolute atomic E-state index is 10.9. The van der Waals surface area contributed by atoms with Crippen molar-refractivity contribution in [3.63, 3.8) is 0 Å². The van der Waals surface area contributed by atoms with Crippen LogP contribution in [0, 0.1) is 0 Å². The molecule has 0 aliphatic rings. The Morgan fingerprint density at radius 2 is 1.86 bits per heavy atom. The maximum Gasteiger partial charge on any atom is 0.310 e. The average Bonchev–Trinajstić information content (AvgIpc) is 2.46. The summed E-state index contributed by atoms with van der Waals surface area (Å²) in [5.74, 6) is -1.33. The molecule has 0 amide bonds. The zero-order chi connectivity index (χ0) is 15.4. The fourth-order valence-electron chi connectivity index (χ4n) is 1.90. The number of hydrogen-bond acceptors (Lipinski definition) is 2. The lowest BCUT2D eigenvalue weighted by Gasteiger charge is -2.10. The van der Waals surface area contributed by atoms with Gasteiger partial charge < -0.3 is 10.4 Å². The summed E-state index contributed by atoms with van der Waals surface area (Å²) in [6.07, 6.45) is 0. The Morgan fingerprint density at radius 1 is 1.19 bits per heavy atom. The summed E-state index contributed by atoms with van der Waals surface area (Å²) in [7, 11) is 0. The van der Waals surface area contributed by atoms with Crippen LogP contribution in [0.3, 0.4) is 0 Å². The number of rotatable bonds is 5. The first-order chi connectivity index (χ1) is 9.97. The van der Waals surface area contributed by atoms with E-state index in [9.17, 15) is 4.79 Å². The Morgan fingerprint density at radius 3 is 2.43 bits per heavy atom. The second-order valence-corrected chi connectivity index (χ2v) is 5.62. The molecule has 3 nitrogen and oxygen atoms in total. The van der Waals surface area contributed by atoms with Gasteiger partial charge in [0.15, 0.2) is 0 Å². The van der Waals surface area contributed by atoms with Crippen molar-refractivity contribution >= 4 is 34.9 Å². The van der Waals surface area contributed by atoms with E-state index < -0.39 is 11.9 Å². The van der Waals surface area contributed by atoms with Crippen molar-refractivity contribution in [2.75, 3.05) is 5.32 Å². The van der Waals surface area contributed by atoms with Gasteiger partial charge in [0.25, 0.3) is 0 Å². The normalized spacial score (nSPS) is 12.0. The molecule has 0 heterocycles. The quantitative estimate of drug-likeness (QED) is 0.831. The minimum atomic E-state index is -0.825. The van der Waals surface area contributed by atoms with Crippen LogP contribution in [0.2, 0.25) is 10.0 Å². The van der Waals surface area contributed by atoms with Gasteiger partial charge in [-0.3, -0.25) is 4.79 Å². The highest BCUT2D eigenvalue weighted by Crippen LogP contribution is 2.26. The third-order valence-electron chi connectivity index (χ3n) is 3.26. The van der Waals surface area contributed by atoms with E-state index in [0.29, 0.717) is 16.6 Å². The first-order valence-corrected chi connectivity index (χ1v) is 7.23. The molecule has 0 spiro atoms. The number of benzene rings is 2. The summed E-state index contributed by atoms with van der Waals surface area (Å²) in [4.78, 5) is 10.9. The molecule has 0 radical (unpaired) electrons. The molecule has 1 atom stereocenters. The lowest BCUT2D eigenvalue weighted by Crippen LogP contribution is -2.07. The van der Waals surface area contributed by atoms with Crippen LogP contribution in [0.15, 0.2) is 42.5 Å². The predicted molar refractivity (Wildman–Crippen MR) is 86.3 cm³/mol. The van der Waals surface area contributed by atoms with Gasteiger partial charge in [0.05, 0.1) is 16.6 Å². The van der Waals surface area contributed by atoms with Crippen LogP contribution in [0.4, 0.5) is 5.69 Å². The molecular formula is C16H15Cl2NO2. The number of nitrogens with one attached hydrogen (secondary N) is 1. The van der Waals surface area contributed by atoms with E-state index in [1.54, 1.807) is 19.1 Å². The summed E-state index contributed by atoms with van der Waals surface area (Å²) >= 11 is 11.9. The Hall–Kier alpha value is -1.71. The van der Waals surface area contributed by atoms with E-state index in [-0.39, 0.29) is 0 Å². The summed E-state index contributed by atoms with van der Waals surface area (Å²) in [6, 6.07) is 12.8. The van der Waals surface area contributed by atoms with Crippen LogP contribution in [-0.2, 0) is 11.3 Å². The number of carbonyl (C=O) groups is 1.